The van der Waals surface area contributed by atoms with Crippen LogP contribution in [-0.4, -0.2) is 32.7 Å². The van der Waals surface area contributed by atoms with Gasteiger partial charge in [0.25, 0.3) is 0 Å². The number of fused-ring (bicyclic) bond motifs is 1. The summed E-state index contributed by atoms with van der Waals surface area (Å²) in [4.78, 5) is 17.1. The molecule has 0 heterocycles. The Kier molecular flexibility index (Phi) is 6.78. The molecule has 0 radical (unpaired) electrons. The molecular weight excluding hydrogens is 336 g/mol. The predicted octanol–water partition coefficient (Wildman–Crippen LogP) is 5.02. The maximum Gasteiger partial charge on any atom is 0.503 e. The summed E-state index contributed by atoms with van der Waals surface area (Å²) in [5, 5.41) is 27.9. The fraction of sp³-hybridized carbons (Fsp3) is 0.300. The van der Waals surface area contributed by atoms with Crippen molar-refractivity contribution in [2.45, 2.75) is 32.6 Å². The fourth-order valence-corrected chi connectivity index (χ4v) is 3.50. The Morgan fingerprint density at radius 2 is 1.19 bits per heavy atom. The third-order valence-electron chi connectivity index (χ3n) is 4.89. The Morgan fingerprint density at radius 3 is 1.69 bits per heavy atom. The van der Waals surface area contributed by atoms with Crippen LogP contribution in [0.25, 0.3) is 0 Å². The SMILES string of the molecule is CC1(C)Cc2ccccc2C1(C)c1ccccc1.O=C(O)O.O=C(O)O. The Hall–Kier alpha value is -3.02. The van der Waals surface area contributed by atoms with Gasteiger partial charge >= 0.3 is 12.3 Å². The van der Waals surface area contributed by atoms with Crippen molar-refractivity contribution in [3.8, 4) is 0 Å². The minimum atomic E-state index is -1.83. The van der Waals surface area contributed by atoms with Crippen molar-refractivity contribution in [2.24, 2.45) is 5.41 Å². The summed E-state index contributed by atoms with van der Waals surface area (Å²) in [6.45, 7) is 7.17. The number of rotatable bonds is 1. The normalized spacial score (nSPS) is 19.0. The van der Waals surface area contributed by atoms with E-state index in [2.05, 4.69) is 75.4 Å². The first-order chi connectivity index (χ1) is 12.0. The van der Waals surface area contributed by atoms with Gasteiger partial charge in [0.05, 0.1) is 0 Å². The topological polar surface area (TPSA) is 115 Å². The van der Waals surface area contributed by atoms with Crippen LogP contribution < -0.4 is 0 Å². The Bertz CT molecular complexity index is 734. The average Bonchev–Trinajstić information content (AvgIpc) is 2.74. The molecule has 0 saturated heterocycles. The van der Waals surface area contributed by atoms with Crippen LogP contribution >= 0.6 is 0 Å². The van der Waals surface area contributed by atoms with E-state index in [4.69, 9.17) is 30.0 Å². The molecule has 2 aromatic rings. The molecule has 4 N–H and O–H groups in total. The second-order valence-corrected chi connectivity index (χ2v) is 6.77. The van der Waals surface area contributed by atoms with E-state index in [-0.39, 0.29) is 10.8 Å². The van der Waals surface area contributed by atoms with Gasteiger partial charge in [-0.2, -0.15) is 0 Å². The van der Waals surface area contributed by atoms with Gasteiger partial charge in [0.1, 0.15) is 0 Å². The van der Waals surface area contributed by atoms with Gasteiger partial charge < -0.3 is 20.4 Å². The molecule has 0 spiro atoms. The molecule has 0 fully saturated rings. The number of carbonyl (C=O) groups is 2. The van der Waals surface area contributed by atoms with Gasteiger partial charge in [-0.3, -0.25) is 0 Å². The van der Waals surface area contributed by atoms with Crippen LogP contribution in [0.3, 0.4) is 0 Å². The van der Waals surface area contributed by atoms with Crippen molar-refractivity contribution in [1.82, 2.24) is 0 Å². The number of hydrogen-bond acceptors (Lipinski definition) is 2. The lowest BCUT2D eigenvalue weighted by Gasteiger charge is -2.40. The molecule has 2 aromatic carbocycles. The van der Waals surface area contributed by atoms with Crippen molar-refractivity contribution in [3.63, 3.8) is 0 Å². The molecule has 1 unspecified atom stereocenters. The summed E-state index contributed by atoms with van der Waals surface area (Å²) < 4.78 is 0. The highest BCUT2D eigenvalue weighted by molar-refractivity contribution is 5.53. The minimum Gasteiger partial charge on any atom is -0.450 e. The lowest BCUT2D eigenvalue weighted by atomic mass is 9.63. The molecule has 6 nitrogen and oxygen atoms in total. The lowest BCUT2D eigenvalue weighted by molar-refractivity contribution is 0.135. The van der Waals surface area contributed by atoms with E-state index in [9.17, 15) is 0 Å². The molecule has 0 aromatic heterocycles. The zero-order valence-electron chi connectivity index (χ0n) is 15.0. The molecule has 26 heavy (non-hydrogen) atoms. The zero-order chi connectivity index (χ0) is 20.0. The van der Waals surface area contributed by atoms with E-state index in [1.54, 1.807) is 0 Å². The molecule has 0 amide bonds. The first kappa shape index (κ1) is 21.0. The molecule has 3 rings (SSSR count). The molecule has 0 saturated carbocycles. The number of benzene rings is 2. The fourth-order valence-electron chi connectivity index (χ4n) is 3.50. The maximum atomic E-state index is 8.56. The highest BCUT2D eigenvalue weighted by Crippen LogP contribution is 2.54. The van der Waals surface area contributed by atoms with E-state index >= 15 is 0 Å². The molecule has 0 bridgehead atoms. The van der Waals surface area contributed by atoms with Crippen LogP contribution in [0.4, 0.5) is 9.59 Å². The number of hydrogen-bond donors (Lipinski definition) is 4. The van der Waals surface area contributed by atoms with Gasteiger partial charge in [-0.15, -0.1) is 0 Å². The summed E-state index contributed by atoms with van der Waals surface area (Å²) in [5.74, 6) is 0. The summed E-state index contributed by atoms with van der Waals surface area (Å²) in [6, 6.07) is 19.8. The van der Waals surface area contributed by atoms with E-state index in [0.717, 1.165) is 6.42 Å². The van der Waals surface area contributed by atoms with Gasteiger partial charge in [-0.25, -0.2) is 9.59 Å². The van der Waals surface area contributed by atoms with Crippen LogP contribution in [0.5, 0.6) is 0 Å². The summed E-state index contributed by atoms with van der Waals surface area (Å²) in [6.07, 6.45) is -2.51. The van der Waals surface area contributed by atoms with Gasteiger partial charge in [-0.05, 0) is 28.5 Å². The van der Waals surface area contributed by atoms with Crippen molar-refractivity contribution in [1.29, 1.82) is 0 Å². The van der Waals surface area contributed by atoms with Crippen LogP contribution in [0.2, 0.25) is 0 Å². The smallest absolute Gasteiger partial charge is 0.450 e. The predicted molar refractivity (Wildman–Crippen MR) is 98.1 cm³/mol. The van der Waals surface area contributed by atoms with Crippen molar-refractivity contribution in [2.75, 3.05) is 0 Å². The van der Waals surface area contributed by atoms with Gasteiger partial charge in [0.2, 0.25) is 0 Å². The van der Waals surface area contributed by atoms with Crippen LogP contribution in [0.1, 0.15) is 37.5 Å². The molecule has 1 aliphatic rings. The van der Waals surface area contributed by atoms with Gasteiger partial charge in [0.15, 0.2) is 0 Å². The first-order valence-corrected chi connectivity index (χ1v) is 8.00. The molecule has 140 valence electrons. The summed E-state index contributed by atoms with van der Waals surface area (Å²) >= 11 is 0. The van der Waals surface area contributed by atoms with Gasteiger partial charge in [-0.1, -0.05) is 75.4 Å². The minimum absolute atomic E-state index is 0.116. The largest absolute Gasteiger partial charge is 0.503 e. The quantitative estimate of drug-likeness (QED) is 0.567. The summed E-state index contributed by atoms with van der Waals surface area (Å²) in [5.41, 5.74) is 4.82. The molecule has 6 heteroatoms. The third-order valence-corrected chi connectivity index (χ3v) is 4.89. The van der Waals surface area contributed by atoms with E-state index in [1.165, 1.54) is 16.7 Å². The van der Waals surface area contributed by atoms with Gasteiger partial charge in [0, 0.05) is 5.41 Å². The third kappa shape index (κ3) is 4.75. The van der Waals surface area contributed by atoms with Crippen molar-refractivity contribution >= 4 is 12.3 Å². The second kappa shape index (κ2) is 8.38. The van der Waals surface area contributed by atoms with E-state index in [0.29, 0.717) is 0 Å². The molecule has 1 atom stereocenters. The van der Waals surface area contributed by atoms with Crippen LogP contribution in [-0.2, 0) is 11.8 Å². The first-order valence-electron chi connectivity index (χ1n) is 8.00. The average molecular weight is 360 g/mol. The van der Waals surface area contributed by atoms with E-state index in [1.807, 2.05) is 0 Å². The van der Waals surface area contributed by atoms with Crippen molar-refractivity contribution < 1.29 is 30.0 Å². The molecule has 0 aliphatic heterocycles. The van der Waals surface area contributed by atoms with E-state index < -0.39 is 12.3 Å². The Balaban J connectivity index is 0.000000360. The highest BCUT2D eigenvalue weighted by atomic mass is 16.6. The summed E-state index contributed by atoms with van der Waals surface area (Å²) in [7, 11) is 0. The van der Waals surface area contributed by atoms with Crippen molar-refractivity contribution in [3.05, 3.63) is 71.3 Å². The van der Waals surface area contributed by atoms with Crippen LogP contribution in [0, 0.1) is 5.41 Å². The second-order valence-electron chi connectivity index (χ2n) is 6.77. The van der Waals surface area contributed by atoms with Crippen LogP contribution in [0.15, 0.2) is 54.6 Å². The molecular formula is C20H24O6. The Morgan fingerprint density at radius 1 is 0.769 bits per heavy atom. The zero-order valence-corrected chi connectivity index (χ0v) is 15.0. The molecule has 1 aliphatic carbocycles. The monoisotopic (exact) mass is 360 g/mol. The standard InChI is InChI=1S/C18H20.2CH2O3/c1-17(2)13-14-9-7-8-12-16(14)18(17,3)15-10-5-4-6-11-15;2*2-1(3)4/h4-12H,13H2,1-3H3;2*(H2,2,3,4). The lowest BCUT2D eigenvalue weighted by Crippen LogP contribution is -2.36. The highest BCUT2D eigenvalue weighted by Gasteiger charge is 2.49. The Labute approximate surface area is 152 Å². The number of carboxylic acid groups (broad SMARTS) is 4. The maximum absolute atomic E-state index is 8.56.